The van der Waals surface area contributed by atoms with Gasteiger partial charge in [-0.25, -0.2) is 0 Å². The van der Waals surface area contributed by atoms with E-state index in [2.05, 4.69) is 62.4 Å². The highest BCUT2D eigenvalue weighted by Gasteiger charge is 2.29. The van der Waals surface area contributed by atoms with E-state index in [0.29, 0.717) is 11.8 Å². The van der Waals surface area contributed by atoms with Crippen LogP contribution in [0.25, 0.3) is 0 Å². The molecule has 3 aromatic rings. The molecule has 2 saturated carbocycles. The number of hydrogen-bond donors (Lipinski definition) is 0. The van der Waals surface area contributed by atoms with Crippen LogP contribution in [0, 0.1) is 13.8 Å². The van der Waals surface area contributed by atoms with E-state index in [0.717, 1.165) is 17.2 Å². The maximum atomic E-state index is 5.98. The molecule has 39 heavy (non-hydrogen) atoms. The van der Waals surface area contributed by atoms with Crippen LogP contribution < -0.4 is 14.2 Å². The highest BCUT2D eigenvalue weighted by atomic mass is 16.5. The fraction of sp³-hybridized carbons (Fsp3) is 0.500. The van der Waals surface area contributed by atoms with E-state index in [1.165, 1.54) is 103 Å². The van der Waals surface area contributed by atoms with Crippen molar-refractivity contribution < 1.29 is 14.2 Å². The van der Waals surface area contributed by atoms with Crippen LogP contribution in [-0.2, 0) is 0 Å². The number of para-hydroxylation sites is 1. The minimum atomic E-state index is 0.0580. The SMILES string of the molecule is COc1cc(C)c(C(c2cc(C3CCCCC3)c(OC)cc2C)c2ccccc2OC)cc1C1CCCCC1. The average molecular weight is 527 g/mol. The Balaban J connectivity index is 1.73. The van der Waals surface area contributed by atoms with Gasteiger partial charge >= 0.3 is 0 Å². The highest BCUT2D eigenvalue weighted by Crippen LogP contribution is 2.47. The van der Waals surface area contributed by atoms with Gasteiger partial charge in [-0.2, -0.15) is 0 Å². The van der Waals surface area contributed by atoms with Gasteiger partial charge in [0, 0.05) is 11.5 Å². The molecule has 0 bridgehead atoms. The fourth-order valence-electron chi connectivity index (χ4n) is 7.28. The molecular weight excluding hydrogens is 480 g/mol. The zero-order valence-corrected chi connectivity index (χ0v) is 24.6. The lowest BCUT2D eigenvalue weighted by molar-refractivity contribution is 0.386. The summed E-state index contributed by atoms with van der Waals surface area (Å²) in [5.41, 5.74) is 9.18. The summed E-state index contributed by atoms with van der Waals surface area (Å²) in [7, 11) is 5.43. The third-order valence-electron chi connectivity index (χ3n) is 9.40. The minimum absolute atomic E-state index is 0.0580. The molecule has 2 fully saturated rings. The molecule has 0 saturated heterocycles. The third kappa shape index (κ3) is 5.69. The van der Waals surface area contributed by atoms with Crippen molar-refractivity contribution in [2.45, 2.75) is 95.8 Å². The Morgan fingerprint density at radius 1 is 0.538 bits per heavy atom. The third-order valence-corrected chi connectivity index (χ3v) is 9.40. The van der Waals surface area contributed by atoms with Crippen LogP contribution in [0.4, 0.5) is 0 Å². The van der Waals surface area contributed by atoms with Crippen molar-refractivity contribution in [1.82, 2.24) is 0 Å². The zero-order valence-electron chi connectivity index (χ0n) is 24.6. The molecule has 0 amide bonds. The molecule has 0 spiro atoms. The van der Waals surface area contributed by atoms with Gasteiger partial charge in [-0.15, -0.1) is 0 Å². The van der Waals surface area contributed by atoms with E-state index in [4.69, 9.17) is 14.2 Å². The summed E-state index contributed by atoms with van der Waals surface area (Å²) in [4.78, 5) is 0. The molecule has 0 aliphatic heterocycles. The molecule has 208 valence electrons. The molecule has 0 radical (unpaired) electrons. The Kier molecular flexibility index (Phi) is 8.85. The molecule has 0 N–H and O–H groups in total. The molecule has 2 aliphatic carbocycles. The van der Waals surface area contributed by atoms with Crippen LogP contribution in [0.3, 0.4) is 0 Å². The lowest BCUT2D eigenvalue weighted by Gasteiger charge is -2.30. The summed E-state index contributed by atoms with van der Waals surface area (Å²) in [5.74, 6) is 4.18. The second-order valence-electron chi connectivity index (χ2n) is 11.7. The summed E-state index contributed by atoms with van der Waals surface area (Å²) in [6.07, 6.45) is 12.9. The summed E-state index contributed by atoms with van der Waals surface area (Å²) >= 11 is 0. The van der Waals surface area contributed by atoms with E-state index in [1.54, 1.807) is 7.11 Å². The molecule has 0 atom stereocenters. The van der Waals surface area contributed by atoms with Gasteiger partial charge in [0.2, 0.25) is 0 Å². The van der Waals surface area contributed by atoms with E-state index >= 15 is 0 Å². The normalized spacial score (nSPS) is 16.9. The van der Waals surface area contributed by atoms with E-state index in [1.807, 2.05) is 14.2 Å². The van der Waals surface area contributed by atoms with Gasteiger partial charge < -0.3 is 14.2 Å². The maximum Gasteiger partial charge on any atom is 0.123 e. The number of hydrogen-bond acceptors (Lipinski definition) is 3. The first kappa shape index (κ1) is 27.6. The Morgan fingerprint density at radius 3 is 1.41 bits per heavy atom. The first-order valence-corrected chi connectivity index (χ1v) is 15.1. The number of rotatable bonds is 8. The number of benzene rings is 3. The number of aryl methyl sites for hydroxylation is 2. The van der Waals surface area contributed by atoms with Crippen molar-refractivity contribution in [3.8, 4) is 17.2 Å². The quantitative estimate of drug-likeness (QED) is 0.273. The maximum absolute atomic E-state index is 5.98. The minimum Gasteiger partial charge on any atom is -0.496 e. The Bertz CT molecular complexity index is 1190. The number of ether oxygens (including phenoxy) is 3. The van der Waals surface area contributed by atoms with Crippen molar-refractivity contribution in [2.24, 2.45) is 0 Å². The topological polar surface area (TPSA) is 27.7 Å². The molecule has 2 aliphatic rings. The predicted molar refractivity (Wildman–Crippen MR) is 161 cm³/mol. The Labute approximate surface area is 235 Å². The molecule has 3 heteroatoms. The van der Waals surface area contributed by atoms with Crippen LogP contribution in [-0.4, -0.2) is 21.3 Å². The second kappa shape index (κ2) is 12.5. The molecule has 5 rings (SSSR count). The summed E-state index contributed by atoms with van der Waals surface area (Å²) < 4.78 is 17.9. The second-order valence-corrected chi connectivity index (χ2v) is 11.7. The average Bonchev–Trinajstić information content (AvgIpc) is 2.99. The molecule has 3 nitrogen and oxygen atoms in total. The van der Waals surface area contributed by atoms with Gasteiger partial charge in [0.25, 0.3) is 0 Å². The summed E-state index contributed by atoms with van der Waals surface area (Å²) in [6, 6.07) is 18.1. The molecule has 0 heterocycles. The summed E-state index contributed by atoms with van der Waals surface area (Å²) in [5, 5.41) is 0. The van der Waals surface area contributed by atoms with Gasteiger partial charge in [-0.05, 0) is 103 Å². The van der Waals surface area contributed by atoms with Gasteiger partial charge in [0.15, 0.2) is 0 Å². The zero-order chi connectivity index (χ0) is 27.4. The fourth-order valence-corrected chi connectivity index (χ4v) is 7.28. The van der Waals surface area contributed by atoms with Gasteiger partial charge in [-0.1, -0.05) is 68.9 Å². The Morgan fingerprint density at radius 2 is 0.974 bits per heavy atom. The first-order valence-electron chi connectivity index (χ1n) is 15.1. The monoisotopic (exact) mass is 526 g/mol. The van der Waals surface area contributed by atoms with Crippen LogP contribution in [0.15, 0.2) is 48.5 Å². The van der Waals surface area contributed by atoms with Crippen molar-refractivity contribution in [3.63, 3.8) is 0 Å². The Hall–Kier alpha value is -2.94. The van der Waals surface area contributed by atoms with E-state index in [-0.39, 0.29) is 5.92 Å². The van der Waals surface area contributed by atoms with Crippen LogP contribution in [0.5, 0.6) is 17.2 Å². The lowest BCUT2D eigenvalue weighted by atomic mass is 9.75. The lowest BCUT2D eigenvalue weighted by Crippen LogP contribution is -2.14. The molecule has 0 unspecified atom stereocenters. The van der Waals surface area contributed by atoms with Crippen LogP contribution >= 0.6 is 0 Å². The highest BCUT2D eigenvalue weighted by molar-refractivity contribution is 5.58. The molecule has 3 aromatic carbocycles. The van der Waals surface area contributed by atoms with E-state index < -0.39 is 0 Å². The summed E-state index contributed by atoms with van der Waals surface area (Å²) in [6.45, 7) is 4.48. The van der Waals surface area contributed by atoms with Crippen LogP contribution in [0.1, 0.15) is 121 Å². The standard InChI is InChI=1S/C36H46O3/c1-24-20-34(38-4)31(26-14-8-6-9-15-26)22-29(24)36(28-18-12-13-19-33(28)37-3)30-23-32(27-16-10-7-11-17-27)35(39-5)21-25(30)2/h12-13,18-23,26-27,36H,6-11,14-17H2,1-5H3. The van der Waals surface area contributed by atoms with Crippen molar-refractivity contribution in [2.75, 3.05) is 21.3 Å². The smallest absolute Gasteiger partial charge is 0.123 e. The van der Waals surface area contributed by atoms with Crippen molar-refractivity contribution in [1.29, 1.82) is 0 Å². The predicted octanol–water partition coefficient (Wildman–Crippen LogP) is 9.60. The molecular formula is C36H46O3. The molecule has 0 aromatic heterocycles. The van der Waals surface area contributed by atoms with Crippen molar-refractivity contribution >= 4 is 0 Å². The van der Waals surface area contributed by atoms with Crippen LogP contribution in [0.2, 0.25) is 0 Å². The van der Waals surface area contributed by atoms with Gasteiger partial charge in [-0.3, -0.25) is 0 Å². The van der Waals surface area contributed by atoms with E-state index in [9.17, 15) is 0 Å². The largest absolute Gasteiger partial charge is 0.496 e. The number of methoxy groups -OCH3 is 3. The first-order chi connectivity index (χ1) is 19.0. The van der Waals surface area contributed by atoms with Gasteiger partial charge in [0.05, 0.1) is 21.3 Å². The van der Waals surface area contributed by atoms with Crippen molar-refractivity contribution in [3.05, 3.63) is 87.5 Å². The van der Waals surface area contributed by atoms with Gasteiger partial charge in [0.1, 0.15) is 17.2 Å².